The molecule has 2 atom stereocenters. The largest absolute Gasteiger partial charge is 0.465 e. The quantitative estimate of drug-likeness (QED) is 0.850. The first kappa shape index (κ1) is 13.8. The van der Waals surface area contributed by atoms with E-state index in [9.17, 15) is 0 Å². The molecule has 1 saturated carbocycles. The van der Waals surface area contributed by atoms with Gasteiger partial charge in [0.05, 0.1) is 25.3 Å². The molecular formula is C17H26N2O2. The van der Waals surface area contributed by atoms with E-state index in [1.165, 1.54) is 32.4 Å². The van der Waals surface area contributed by atoms with Crippen LogP contribution in [0, 0.1) is 12.8 Å². The minimum Gasteiger partial charge on any atom is -0.465 e. The third kappa shape index (κ3) is 2.89. The van der Waals surface area contributed by atoms with Gasteiger partial charge in [0.2, 0.25) is 0 Å². The summed E-state index contributed by atoms with van der Waals surface area (Å²) in [5.41, 5.74) is 0. The fraction of sp³-hybridized carbons (Fsp3) is 0.765. The number of aryl methyl sites for hydroxylation is 1. The van der Waals surface area contributed by atoms with Gasteiger partial charge in [0, 0.05) is 26.2 Å². The molecule has 0 amide bonds. The van der Waals surface area contributed by atoms with Crippen LogP contribution in [0.4, 0.5) is 0 Å². The molecule has 0 N–H and O–H groups in total. The maximum atomic E-state index is 6.02. The fourth-order valence-corrected chi connectivity index (χ4v) is 3.99. The second-order valence-electron chi connectivity index (χ2n) is 6.97. The van der Waals surface area contributed by atoms with Crippen molar-refractivity contribution in [1.29, 1.82) is 0 Å². The van der Waals surface area contributed by atoms with Crippen LogP contribution >= 0.6 is 0 Å². The van der Waals surface area contributed by atoms with Crippen LogP contribution < -0.4 is 0 Å². The lowest BCUT2D eigenvalue weighted by Gasteiger charge is -2.36. The summed E-state index contributed by atoms with van der Waals surface area (Å²) in [4.78, 5) is 5.19. The van der Waals surface area contributed by atoms with Crippen LogP contribution in [0.3, 0.4) is 0 Å². The van der Waals surface area contributed by atoms with Crippen molar-refractivity contribution in [1.82, 2.24) is 9.80 Å². The number of fused-ring (bicyclic) bond motifs is 1. The van der Waals surface area contributed by atoms with Crippen molar-refractivity contribution in [2.45, 2.75) is 44.9 Å². The van der Waals surface area contributed by atoms with E-state index in [1.807, 2.05) is 6.92 Å². The summed E-state index contributed by atoms with van der Waals surface area (Å²) >= 11 is 0. The SMILES string of the molecule is Cc1ccc(CN2CCO[C@@H]3CN(CC4CCC4)C[C@@H]32)o1. The number of rotatable bonds is 4. The molecule has 1 aromatic rings. The Hall–Kier alpha value is -0.840. The van der Waals surface area contributed by atoms with Crippen LogP contribution in [0.1, 0.15) is 30.8 Å². The molecule has 3 heterocycles. The summed E-state index contributed by atoms with van der Waals surface area (Å²) in [6.45, 7) is 8.40. The normalized spacial score (nSPS) is 31.3. The first-order valence-electron chi connectivity index (χ1n) is 8.41. The number of nitrogens with zero attached hydrogens (tertiary/aromatic N) is 2. The zero-order valence-corrected chi connectivity index (χ0v) is 13.0. The molecule has 1 aliphatic carbocycles. The summed E-state index contributed by atoms with van der Waals surface area (Å²) in [6, 6.07) is 4.72. The van der Waals surface area contributed by atoms with Crippen molar-refractivity contribution in [3.05, 3.63) is 23.7 Å². The Morgan fingerprint density at radius 1 is 1.24 bits per heavy atom. The molecule has 3 fully saturated rings. The Labute approximate surface area is 127 Å². The van der Waals surface area contributed by atoms with Crippen molar-refractivity contribution < 1.29 is 9.15 Å². The second kappa shape index (κ2) is 5.75. The Balaban J connectivity index is 1.38. The number of hydrogen-bond acceptors (Lipinski definition) is 4. The van der Waals surface area contributed by atoms with Gasteiger partial charge in [-0.2, -0.15) is 0 Å². The highest BCUT2D eigenvalue weighted by molar-refractivity contribution is 5.06. The van der Waals surface area contributed by atoms with E-state index in [0.717, 1.165) is 43.7 Å². The Morgan fingerprint density at radius 2 is 2.14 bits per heavy atom. The molecule has 0 bridgehead atoms. The number of likely N-dealkylation sites (tertiary alicyclic amines) is 1. The molecule has 2 aliphatic heterocycles. The average Bonchev–Trinajstić information content (AvgIpc) is 3.01. The molecule has 0 spiro atoms. The van der Waals surface area contributed by atoms with Crippen LogP contribution in [-0.2, 0) is 11.3 Å². The maximum absolute atomic E-state index is 6.02. The molecular weight excluding hydrogens is 264 g/mol. The van der Waals surface area contributed by atoms with Crippen molar-refractivity contribution in [2.75, 3.05) is 32.8 Å². The van der Waals surface area contributed by atoms with Gasteiger partial charge in [-0.05, 0) is 37.8 Å². The third-order valence-electron chi connectivity index (χ3n) is 5.39. The maximum Gasteiger partial charge on any atom is 0.118 e. The molecule has 116 valence electrons. The predicted molar refractivity (Wildman–Crippen MR) is 81.2 cm³/mol. The summed E-state index contributed by atoms with van der Waals surface area (Å²) in [7, 11) is 0. The number of morpholine rings is 1. The number of hydrogen-bond donors (Lipinski definition) is 0. The van der Waals surface area contributed by atoms with E-state index < -0.39 is 0 Å². The lowest BCUT2D eigenvalue weighted by molar-refractivity contribution is -0.0524. The lowest BCUT2D eigenvalue weighted by atomic mass is 9.85. The highest BCUT2D eigenvalue weighted by atomic mass is 16.5. The summed E-state index contributed by atoms with van der Waals surface area (Å²) in [6.07, 6.45) is 4.70. The predicted octanol–water partition coefficient (Wildman–Crippen LogP) is 2.27. The van der Waals surface area contributed by atoms with Gasteiger partial charge in [-0.1, -0.05) is 6.42 Å². The highest BCUT2D eigenvalue weighted by Gasteiger charge is 2.41. The topological polar surface area (TPSA) is 28.9 Å². The van der Waals surface area contributed by atoms with Crippen LogP contribution in [0.15, 0.2) is 16.5 Å². The smallest absolute Gasteiger partial charge is 0.118 e. The monoisotopic (exact) mass is 290 g/mol. The van der Waals surface area contributed by atoms with Gasteiger partial charge in [0.1, 0.15) is 11.5 Å². The minimum absolute atomic E-state index is 0.398. The zero-order valence-electron chi connectivity index (χ0n) is 13.0. The molecule has 4 nitrogen and oxygen atoms in total. The molecule has 21 heavy (non-hydrogen) atoms. The standard InChI is InChI=1S/C17H26N2O2/c1-13-5-6-15(21-13)10-19-7-8-20-17-12-18(11-16(17)19)9-14-3-2-4-14/h5-6,14,16-17H,2-4,7-12H2,1H3/t16-,17+/m0/s1. The van der Waals surface area contributed by atoms with Gasteiger partial charge in [-0.15, -0.1) is 0 Å². The molecule has 0 radical (unpaired) electrons. The lowest BCUT2D eigenvalue weighted by Crippen LogP contribution is -2.50. The Morgan fingerprint density at radius 3 is 2.86 bits per heavy atom. The average molecular weight is 290 g/mol. The van der Waals surface area contributed by atoms with Crippen LogP contribution in [0.2, 0.25) is 0 Å². The van der Waals surface area contributed by atoms with E-state index in [1.54, 1.807) is 0 Å². The van der Waals surface area contributed by atoms with Gasteiger partial charge < -0.3 is 9.15 Å². The highest BCUT2D eigenvalue weighted by Crippen LogP contribution is 2.30. The molecule has 0 unspecified atom stereocenters. The van der Waals surface area contributed by atoms with Crippen molar-refractivity contribution >= 4 is 0 Å². The van der Waals surface area contributed by atoms with Crippen LogP contribution in [0.5, 0.6) is 0 Å². The van der Waals surface area contributed by atoms with E-state index >= 15 is 0 Å². The summed E-state index contributed by atoms with van der Waals surface area (Å²) in [5, 5.41) is 0. The van der Waals surface area contributed by atoms with Gasteiger partial charge in [0.15, 0.2) is 0 Å². The van der Waals surface area contributed by atoms with Crippen molar-refractivity contribution in [2.24, 2.45) is 5.92 Å². The van der Waals surface area contributed by atoms with E-state index in [0.29, 0.717) is 12.1 Å². The van der Waals surface area contributed by atoms with E-state index in [4.69, 9.17) is 9.15 Å². The van der Waals surface area contributed by atoms with Crippen LogP contribution in [-0.4, -0.2) is 54.7 Å². The summed E-state index contributed by atoms with van der Waals surface area (Å²) in [5.74, 6) is 3.05. The van der Waals surface area contributed by atoms with E-state index in [-0.39, 0.29) is 0 Å². The summed E-state index contributed by atoms with van der Waals surface area (Å²) < 4.78 is 11.8. The fourth-order valence-electron chi connectivity index (χ4n) is 3.99. The molecule has 1 aromatic heterocycles. The Kier molecular flexibility index (Phi) is 3.78. The third-order valence-corrected chi connectivity index (χ3v) is 5.39. The molecule has 3 aliphatic rings. The molecule has 4 rings (SSSR count). The molecule has 4 heteroatoms. The van der Waals surface area contributed by atoms with Crippen LogP contribution in [0.25, 0.3) is 0 Å². The van der Waals surface area contributed by atoms with E-state index in [2.05, 4.69) is 21.9 Å². The zero-order chi connectivity index (χ0) is 14.2. The second-order valence-corrected chi connectivity index (χ2v) is 6.97. The van der Waals surface area contributed by atoms with Gasteiger partial charge in [-0.25, -0.2) is 0 Å². The number of ether oxygens (including phenoxy) is 1. The minimum atomic E-state index is 0.398. The van der Waals surface area contributed by atoms with Crippen molar-refractivity contribution in [3.8, 4) is 0 Å². The number of furan rings is 1. The van der Waals surface area contributed by atoms with Crippen molar-refractivity contribution in [3.63, 3.8) is 0 Å². The first-order valence-corrected chi connectivity index (χ1v) is 8.41. The first-order chi connectivity index (χ1) is 10.3. The Bertz CT molecular complexity index is 483. The van der Waals surface area contributed by atoms with Gasteiger partial charge in [-0.3, -0.25) is 9.80 Å². The van der Waals surface area contributed by atoms with Gasteiger partial charge in [0.25, 0.3) is 0 Å². The molecule has 0 aromatic carbocycles. The van der Waals surface area contributed by atoms with Gasteiger partial charge >= 0.3 is 0 Å². The molecule has 2 saturated heterocycles.